The van der Waals surface area contributed by atoms with E-state index in [0.717, 1.165) is 23.7 Å². The molecule has 8 nitrogen and oxygen atoms in total. The summed E-state index contributed by atoms with van der Waals surface area (Å²) in [4.78, 5) is 22.4. The van der Waals surface area contributed by atoms with Crippen LogP contribution >= 0.6 is 11.6 Å². The third-order valence-corrected chi connectivity index (χ3v) is 7.09. The lowest BCUT2D eigenvalue weighted by Gasteiger charge is -2.48. The summed E-state index contributed by atoms with van der Waals surface area (Å²) in [6, 6.07) is 4.31. The number of nitrogens with two attached hydrogens (primary N) is 1. The molecule has 184 valence electrons. The standard InChI is InChI=1S/C23H23ClF3N7O/c1-21(2,14-3-5-29-10-16(14)24)31-20(35)33-11-22(12-33)4-6-34-18(22)8-17(32-34)13-7-15(23(25,26)27)19(28)30-9-13/h3,5,7-10H,4,6,11-12H2,1-2H3,(H2,28,30)(H,31,35). The minimum atomic E-state index is -4.60. The lowest BCUT2D eigenvalue weighted by molar-refractivity contribution is -0.137. The summed E-state index contributed by atoms with van der Waals surface area (Å²) < 4.78 is 41.6. The number of aryl methyl sites for hydroxylation is 1. The largest absolute Gasteiger partial charge is 0.419 e. The van der Waals surface area contributed by atoms with E-state index < -0.39 is 23.1 Å². The molecule has 35 heavy (non-hydrogen) atoms. The molecule has 0 atom stereocenters. The van der Waals surface area contributed by atoms with Gasteiger partial charge in [0.1, 0.15) is 5.82 Å². The van der Waals surface area contributed by atoms with Gasteiger partial charge >= 0.3 is 12.2 Å². The Morgan fingerprint density at radius 2 is 1.94 bits per heavy atom. The van der Waals surface area contributed by atoms with Crippen molar-refractivity contribution in [1.29, 1.82) is 0 Å². The number of halogens is 4. The average Bonchev–Trinajstić information content (AvgIpc) is 3.31. The Bertz CT molecular complexity index is 1310. The molecule has 2 aliphatic rings. The Morgan fingerprint density at radius 1 is 1.20 bits per heavy atom. The fourth-order valence-corrected chi connectivity index (χ4v) is 5.25. The number of nitrogen functional groups attached to an aromatic ring is 1. The Labute approximate surface area is 204 Å². The molecule has 0 bridgehead atoms. The molecule has 1 saturated heterocycles. The van der Waals surface area contributed by atoms with Crippen LogP contribution in [0.5, 0.6) is 0 Å². The van der Waals surface area contributed by atoms with Crippen molar-refractivity contribution in [3.63, 3.8) is 0 Å². The predicted octanol–water partition coefficient (Wildman–Crippen LogP) is 4.20. The van der Waals surface area contributed by atoms with Crippen molar-refractivity contribution in [3.05, 3.63) is 58.6 Å². The first kappa shape index (κ1) is 23.4. The zero-order valence-corrected chi connectivity index (χ0v) is 19.8. The molecule has 5 rings (SSSR count). The van der Waals surface area contributed by atoms with Crippen molar-refractivity contribution < 1.29 is 18.0 Å². The molecule has 5 heterocycles. The second-order valence-corrected chi connectivity index (χ2v) is 10.00. The number of carbonyl (C=O) groups excluding carboxylic acids is 1. The van der Waals surface area contributed by atoms with Gasteiger partial charge in [0.15, 0.2) is 0 Å². The molecule has 0 unspecified atom stereocenters. The summed E-state index contributed by atoms with van der Waals surface area (Å²) in [5.41, 5.74) is 5.75. The number of fused-ring (bicyclic) bond motifs is 2. The number of urea groups is 1. The quantitative estimate of drug-likeness (QED) is 0.555. The van der Waals surface area contributed by atoms with Crippen LogP contribution in [0, 0.1) is 0 Å². The first-order valence-electron chi connectivity index (χ1n) is 11.0. The van der Waals surface area contributed by atoms with Crippen LogP contribution in [0.1, 0.15) is 37.1 Å². The molecule has 2 amide bonds. The van der Waals surface area contributed by atoms with Crippen LogP contribution in [-0.4, -0.2) is 43.8 Å². The molecule has 0 aliphatic carbocycles. The second kappa shape index (κ2) is 7.84. The Kier molecular flexibility index (Phi) is 5.24. The smallest absolute Gasteiger partial charge is 0.383 e. The van der Waals surface area contributed by atoms with Gasteiger partial charge in [-0.25, -0.2) is 9.78 Å². The number of hydrogen-bond donors (Lipinski definition) is 2. The maximum Gasteiger partial charge on any atom is 0.419 e. The predicted molar refractivity (Wildman–Crippen MR) is 124 cm³/mol. The lowest BCUT2D eigenvalue weighted by atomic mass is 9.76. The third kappa shape index (κ3) is 3.97. The van der Waals surface area contributed by atoms with E-state index in [1.807, 2.05) is 13.8 Å². The van der Waals surface area contributed by atoms with Crippen LogP contribution in [0.2, 0.25) is 5.02 Å². The van der Waals surface area contributed by atoms with Gasteiger partial charge in [0.25, 0.3) is 0 Å². The summed E-state index contributed by atoms with van der Waals surface area (Å²) in [5, 5.41) is 8.00. The van der Waals surface area contributed by atoms with Crippen LogP contribution in [0.3, 0.4) is 0 Å². The van der Waals surface area contributed by atoms with Gasteiger partial charge in [-0.15, -0.1) is 0 Å². The first-order valence-corrected chi connectivity index (χ1v) is 11.4. The molecule has 0 aromatic carbocycles. The van der Waals surface area contributed by atoms with E-state index >= 15 is 0 Å². The van der Waals surface area contributed by atoms with E-state index in [1.165, 1.54) is 12.4 Å². The summed E-state index contributed by atoms with van der Waals surface area (Å²) >= 11 is 6.26. The minimum Gasteiger partial charge on any atom is -0.383 e. The highest BCUT2D eigenvalue weighted by Gasteiger charge is 2.52. The van der Waals surface area contributed by atoms with E-state index in [-0.39, 0.29) is 17.0 Å². The number of nitrogens with one attached hydrogen (secondary N) is 1. The van der Waals surface area contributed by atoms with Crippen molar-refractivity contribution in [2.45, 2.75) is 43.9 Å². The van der Waals surface area contributed by atoms with E-state index in [1.54, 1.807) is 27.9 Å². The van der Waals surface area contributed by atoms with Crippen molar-refractivity contribution in [1.82, 2.24) is 30.0 Å². The minimum absolute atomic E-state index is 0.218. The van der Waals surface area contributed by atoms with Gasteiger partial charge in [-0.05, 0) is 44.0 Å². The SMILES string of the molecule is CC(C)(NC(=O)N1CC2(CCn3nc(-c4cnc(N)c(C(F)(F)F)c4)cc32)C1)c1ccncc1Cl. The van der Waals surface area contributed by atoms with E-state index in [0.29, 0.717) is 30.4 Å². The number of anilines is 1. The number of hydrogen-bond acceptors (Lipinski definition) is 5. The number of aromatic nitrogens is 4. The van der Waals surface area contributed by atoms with E-state index in [9.17, 15) is 18.0 Å². The molecule has 3 aromatic heterocycles. The van der Waals surface area contributed by atoms with Crippen LogP contribution in [-0.2, 0) is 23.7 Å². The van der Waals surface area contributed by atoms with Gasteiger partial charge in [0, 0.05) is 54.9 Å². The molecule has 3 N–H and O–H groups in total. The summed E-state index contributed by atoms with van der Waals surface area (Å²) in [6.45, 7) is 5.33. The topological polar surface area (TPSA) is 102 Å². The molecule has 1 spiro atoms. The summed E-state index contributed by atoms with van der Waals surface area (Å²) in [7, 11) is 0. The van der Waals surface area contributed by atoms with Crippen molar-refractivity contribution >= 4 is 23.4 Å². The normalized spacial score (nSPS) is 16.8. The van der Waals surface area contributed by atoms with Crippen LogP contribution in [0.25, 0.3) is 11.3 Å². The average molecular weight is 506 g/mol. The lowest BCUT2D eigenvalue weighted by Crippen LogP contribution is -2.64. The third-order valence-electron chi connectivity index (χ3n) is 6.78. The van der Waals surface area contributed by atoms with Gasteiger partial charge < -0.3 is 16.0 Å². The molecular weight excluding hydrogens is 483 g/mol. The molecule has 2 aliphatic heterocycles. The Hall–Kier alpha value is -3.34. The van der Waals surface area contributed by atoms with Crippen LogP contribution in [0.15, 0.2) is 36.8 Å². The van der Waals surface area contributed by atoms with Gasteiger partial charge in [0.2, 0.25) is 0 Å². The number of rotatable bonds is 3. The highest BCUT2D eigenvalue weighted by atomic mass is 35.5. The van der Waals surface area contributed by atoms with Crippen molar-refractivity contribution in [2.24, 2.45) is 0 Å². The first-order chi connectivity index (χ1) is 16.4. The van der Waals surface area contributed by atoms with Gasteiger partial charge in [-0.1, -0.05) is 11.6 Å². The second-order valence-electron chi connectivity index (χ2n) is 9.59. The number of amides is 2. The van der Waals surface area contributed by atoms with E-state index in [2.05, 4.69) is 20.4 Å². The van der Waals surface area contributed by atoms with Crippen LogP contribution < -0.4 is 11.1 Å². The maximum absolute atomic E-state index is 13.3. The fraction of sp³-hybridized carbons (Fsp3) is 0.391. The summed E-state index contributed by atoms with van der Waals surface area (Å²) in [6.07, 6.45) is 0.649. The van der Waals surface area contributed by atoms with Crippen LogP contribution in [0.4, 0.5) is 23.8 Å². The Balaban J connectivity index is 1.32. The molecular formula is C23H23ClF3N7O. The fourth-order valence-electron chi connectivity index (χ4n) is 4.89. The molecule has 0 radical (unpaired) electrons. The van der Waals surface area contributed by atoms with Gasteiger partial charge in [-0.2, -0.15) is 18.3 Å². The highest BCUT2D eigenvalue weighted by Crippen LogP contribution is 2.44. The van der Waals surface area contributed by atoms with Crippen molar-refractivity contribution in [2.75, 3.05) is 18.8 Å². The number of alkyl halides is 3. The molecule has 12 heteroatoms. The highest BCUT2D eigenvalue weighted by molar-refractivity contribution is 6.31. The van der Waals surface area contributed by atoms with E-state index in [4.69, 9.17) is 17.3 Å². The molecule has 1 fully saturated rings. The summed E-state index contributed by atoms with van der Waals surface area (Å²) in [5.74, 6) is -0.568. The monoisotopic (exact) mass is 505 g/mol. The molecule has 3 aromatic rings. The number of likely N-dealkylation sites (tertiary alicyclic amines) is 1. The van der Waals surface area contributed by atoms with Crippen molar-refractivity contribution in [3.8, 4) is 11.3 Å². The number of carbonyl (C=O) groups is 1. The number of pyridine rings is 2. The Morgan fingerprint density at radius 3 is 2.63 bits per heavy atom. The zero-order chi connectivity index (χ0) is 25.2. The van der Waals surface area contributed by atoms with Gasteiger partial charge in [0.05, 0.1) is 21.8 Å². The molecule has 0 saturated carbocycles. The number of nitrogens with zero attached hydrogens (tertiary/aromatic N) is 5. The maximum atomic E-state index is 13.3. The zero-order valence-electron chi connectivity index (χ0n) is 19.0. The van der Waals surface area contributed by atoms with Gasteiger partial charge in [-0.3, -0.25) is 9.67 Å².